The first-order valence-corrected chi connectivity index (χ1v) is 7.14. The van der Waals surface area contributed by atoms with Gasteiger partial charge in [-0.05, 0) is 11.6 Å². The largest absolute Gasteiger partial charge is 0.337 e. The average molecular weight is 365 g/mol. The molecule has 1 unspecified atom stereocenters. The lowest BCUT2D eigenvalue weighted by atomic mass is 10.1. The zero-order valence-corrected chi connectivity index (χ0v) is 14.7. The number of halogens is 3. The van der Waals surface area contributed by atoms with Crippen LogP contribution >= 0.6 is 36.4 Å². The number of pyridine rings is 1. The van der Waals surface area contributed by atoms with E-state index in [0.29, 0.717) is 0 Å². The third-order valence-electron chi connectivity index (χ3n) is 3.74. The van der Waals surface area contributed by atoms with Gasteiger partial charge < -0.3 is 9.88 Å². The predicted octanol–water partition coefficient (Wildman–Crippen LogP) is 2.46. The number of rotatable bonds is 3. The van der Waals surface area contributed by atoms with Gasteiger partial charge in [0.15, 0.2) is 0 Å². The van der Waals surface area contributed by atoms with Crippen LogP contribution in [0.15, 0.2) is 30.9 Å². The minimum Gasteiger partial charge on any atom is -0.337 e. The third-order valence-corrected chi connectivity index (χ3v) is 4.08. The number of nitrogens with zero attached hydrogens (tertiary/aromatic N) is 4. The SMILES string of the molecule is Cl.Cl.Cn1ccnc1C1CNCCN1Cc1ccncc1Cl. The number of hydrogen-bond acceptors (Lipinski definition) is 4. The number of aryl methyl sites for hydroxylation is 1. The summed E-state index contributed by atoms with van der Waals surface area (Å²) in [5.41, 5.74) is 1.11. The second-order valence-corrected chi connectivity index (χ2v) is 5.46. The number of aromatic nitrogens is 3. The summed E-state index contributed by atoms with van der Waals surface area (Å²) >= 11 is 6.22. The Labute approximate surface area is 147 Å². The van der Waals surface area contributed by atoms with E-state index < -0.39 is 0 Å². The summed E-state index contributed by atoms with van der Waals surface area (Å²) in [5.74, 6) is 1.09. The van der Waals surface area contributed by atoms with Gasteiger partial charge in [-0.3, -0.25) is 9.88 Å². The van der Waals surface area contributed by atoms with Gasteiger partial charge in [-0.25, -0.2) is 4.98 Å². The third kappa shape index (κ3) is 4.12. The van der Waals surface area contributed by atoms with Crippen LogP contribution in [0.2, 0.25) is 5.02 Å². The van der Waals surface area contributed by atoms with Gasteiger partial charge in [0.2, 0.25) is 0 Å². The molecular formula is C14H20Cl3N5. The van der Waals surface area contributed by atoms with Crippen LogP contribution in [-0.2, 0) is 13.6 Å². The Hall–Kier alpha value is -0.850. The molecule has 1 N–H and O–H groups in total. The highest BCUT2D eigenvalue weighted by molar-refractivity contribution is 6.31. The monoisotopic (exact) mass is 363 g/mol. The van der Waals surface area contributed by atoms with E-state index in [-0.39, 0.29) is 30.9 Å². The summed E-state index contributed by atoms with van der Waals surface area (Å²) in [6, 6.07) is 2.26. The Morgan fingerprint density at radius 2 is 2.18 bits per heavy atom. The van der Waals surface area contributed by atoms with Crippen molar-refractivity contribution in [2.24, 2.45) is 7.05 Å². The van der Waals surface area contributed by atoms with Crippen LogP contribution in [-0.4, -0.2) is 39.1 Å². The van der Waals surface area contributed by atoms with Crippen LogP contribution in [0.3, 0.4) is 0 Å². The smallest absolute Gasteiger partial charge is 0.127 e. The zero-order chi connectivity index (χ0) is 13.9. The molecule has 2 aromatic rings. The van der Waals surface area contributed by atoms with E-state index in [4.69, 9.17) is 11.6 Å². The standard InChI is InChI=1S/C14H18ClN5.2ClH/c1-19-6-5-18-14(19)13-9-17-4-7-20(13)10-11-2-3-16-8-12(11)15;;/h2-3,5-6,8,13,17H,4,7,9-10H2,1H3;2*1H. The van der Waals surface area contributed by atoms with Gasteiger partial charge in [0.1, 0.15) is 5.82 Å². The Morgan fingerprint density at radius 3 is 2.86 bits per heavy atom. The molecular weight excluding hydrogens is 345 g/mol. The quantitative estimate of drug-likeness (QED) is 0.909. The minimum absolute atomic E-state index is 0. The predicted molar refractivity (Wildman–Crippen MR) is 93.0 cm³/mol. The van der Waals surface area contributed by atoms with E-state index in [1.165, 1.54) is 0 Å². The Bertz CT molecular complexity index is 589. The van der Waals surface area contributed by atoms with Crippen LogP contribution in [0, 0.1) is 0 Å². The lowest BCUT2D eigenvalue weighted by Gasteiger charge is -2.35. The van der Waals surface area contributed by atoms with Crippen molar-refractivity contribution in [3.8, 4) is 0 Å². The maximum atomic E-state index is 6.22. The van der Waals surface area contributed by atoms with E-state index >= 15 is 0 Å². The molecule has 0 aliphatic carbocycles. The van der Waals surface area contributed by atoms with Crippen molar-refractivity contribution >= 4 is 36.4 Å². The molecule has 1 saturated heterocycles. The molecule has 1 atom stereocenters. The van der Waals surface area contributed by atoms with E-state index in [9.17, 15) is 0 Å². The van der Waals surface area contributed by atoms with Gasteiger partial charge in [-0.15, -0.1) is 24.8 Å². The van der Waals surface area contributed by atoms with E-state index in [1.54, 1.807) is 12.4 Å². The number of nitrogens with one attached hydrogen (secondary N) is 1. The first kappa shape index (κ1) is 19.2. The van der Waals surface area contributed by atoms with E-state index in [1.807, 2.05) is 25.5 Å². The lowest BCUT2D eigenvalue weighted by molar-refractivity contribution is 0.145. The van der Waals surface area contributed by atoms with Crippen LogP contribution in [0.25, 0.3) is 0 Å². The summed E-state index contributed by atoms with van der Waals surface area (Å²) in [5, 5.41) is 4.17. The van der Waals surface area contributed by atoms with Crippen molar-refractivity contribution in [1.82, 2.24) is 24.8 Å². The second kappa shape index (κ2) is 8.70. The molecule has 0 saturated carbocycles. The summed E-state index contributed by atoms with van der Waals surface area (Å²) in [7, 11) is 2.04. The molecule has 22 heavy (non-hydrogen) atoms. The lowest BCUT2D eigenvalue weighted by Crippen LogP contribution is -2.46. The van der Waals surface area contributed by atoms with Gasteiger partial charge in [0.25, 0.3) is 0 Å². The molecule has 0 radical (unpaired) electrons. The highest BCUT2D eigenvalue weighted by Crippen LogP contribution is 2.24. The summed E-state index contributed by atoms with van der Waals surface area (Å²) < 4.78 is 2.08. The topological polar surface area (TPSA) is 46.0 Å². The Kier molecular flexibility index (Phi) is 7.59. The fourth-order valence-electron chi connectivity index (χ4n) is 2.64. The number of imidazole rings is 1. The van der Waals surface area contributed by atoms with Gasteiger partial charge >= 0.3 is 0 Å². The molecule has 5 nitrogen and oxygen atoms in total. The summed E-state index contributed by atoms with van der Waals surface area (Å²) in [4.78, 5) is 10.9. The fourth-order valence-corrected chi connectivity index (χ4v) is 2.82. The van der Waals surface area contributed by atoms with Gasteiger partial charge in [0.05, 0.1) is 11.1 Å². The summed E-state index contributed by atoms with van der Waals surface area (Å²) in [6.07, 6.45) is 7.33. The van der Waals surface area contributed by atoms with E-state index in [2.05, 4.69) is 24.8 Å². The number of hydrogen-bond donors (Lipinski definition) is 1. The first-order valence-electron chi connectivity index (χ1n) is 6.76. The van der Waals surface area contributed by atoms with Crippen molar-refractivity contribution in [3.05, 3.63) is 47.3 Å². The average Bonchev–Trinajstić information content (AvgIpc) is 2.88. The molecule has 1 fully saturated rings. The van der Waals surface area contributed by atoms with Crippen molar-refractivity contribution in [2.45, 2.75) is 12.6 Å². The first-order chi connectivity index (χ1) is 9.75. The molecule has 1 aliphatic heterocycles. The molecule has 122 valence electrons. The normalized spacial score (nSPS) is 18.4. The van der Waals surface area contributed by atoms with Gasteiger partial charge in [-0.1, -0.05) is 11.6 Å². The van der Waals surface area contributed by atoms with Crippen molar-refractivity contribution in [1.29, 1.82) is 0 Å². The van der Waals surface area contributed by atoms with Gasteiger partial charge in [0, 0.05) is 58.0 Å². The Morgan fingerprint density at radius 1 is 1.36 bits per heavy atom. The molecule has 8 heteroatoms. The van der Waals surface area contributed by atoms with Crippen LogP contribution in [0.1, 0.15) is 17.4 Å². The van der Waals surface area contributed by atoms with Crippen molar-refractivity contribution in [2.75, 3.05) is 19.6 Å². The molecule has 3 rings (SSSR count). The molecule has 0 aromatic carbocycles. The molecule has 0 bridgehead atoms. The number of piperazine rings is 1. The van der Waals surface area contributed by atoms with Gasteiger partial charge in [-0.2, -0.15) is 0 Å². The molecule has 3 heterocycles. The molecule has 2 aromatic heterocycles. The minimum atomic E-state index is 0. The van der Waals surface area contributed by atoms with Crippen molar-refractivity contribution < 1.29 is 0 Å². The Balaban J connectivity index is 0.00000121. The van der Waals surface area contributed by atoms with Crippen molar-refractivity contribution in [3.63, 3.8) is 0 Å². The molecule has 0 spiro atoms. The maximum absolute atomic E-state index is 6.22. The fraction of sp³-hybridized carbons (Fsp3) is 0.429. The van der Waals surface area contributed by atoms with Crippen LogP contribution < -0.4 is 5.32 Å². The molecule has 1 aliphatic rings. The molecule has 0 amide bonds. The maximum Gasteiger partial charge on any atom is 0.127 e. The van der Waals surface area contributed by atoms with Crippen LogP contribution in [0.5, 0.6) is 0 Å². The summed E-state index contributed by atoms with van der Waals surface area (Å²) in [6.45, 7) is 3.70. The second-order valence-electron chi connectivity index (χ2n) is 5.05. The highest BCUT2D eigenvalue weighted by Gasteiger charge is 2.27. The van der Waals surface area contributed by atoms with E-state index in [0.717, 1.165) is 42.6 Å². The van der Waals surface area contributed by atoms with Crippen LogP contribution in [0.4, 0.5) is 0 Å². The highest BCUT2D eigenvalue weighted by atomic mass is 35.5. The zero-order valence-electron chi connectivity index (χ0n) is 12.3.